The molecule has 4 rings (SSSR count). The smallest absolute Gasteiger partial charge is 0.231 e. The van der Waals surface area contributed by atoms with Gasteiger partial charge in [-0.3, -0.25) is 4.79 Å². The number of rotatable bonds is 6. The number of methoxy groups -OCH3 is 1. The monoisotopic (exact) mass is 369 g/mol. The summed E-state index contributed by atoms with van der Waals surface area (Å²) in [5, 5.41) is 0. The maximum absolute atomic E-state index is 12.6. The Morgan fingerprint density at radius 3 is 2.59 bits per heavy atom. The van der Waals surface area contributed by atoms with Crippen LogP contribution in [0.25, 0.3) is 0 Å². The molecule has 2 aliphatic heterocycles. The van der Waals surface area contributed by atoms with Crippen LogP contribution in [0, 0.1) is 11.8 Å². The van der Waals surface area contributed by atoms with Gasteiger partial charge in [0.1, 0.15) is 11.5 Å². The molecular formula is C21H23NO5. The van der Waals surface area contributed by atoms with Crippen LogP contribution in [0.5, 0.6) is 23.0 Å². The standard InChI is InChI=1S/C21H23NO5/c1-22-11-15(12-25-17-6-4-16(24-2)5-7-17)18(21(22)23)9-14-3-8-19-20(10-14)27-13-26-19/h3-8,10,15,18H,9,11-13H2,1-2H3/t15-,18-/m0/s1. The molecule has 0 saturated carbocycles. The van der Waals surface area contributed by atoms with E-state index in [9.17, 15) is 4.79 Å². The maximum Gasteiger partial charge on any atom is 0.231 e. The molecule has 0 spiro atoms. The lowest BCUT2D eigenvalue weighted by molar-refractivity contribution is -0.130. The Balaban J connectivity index is 1.43. The fourth-order valence-corrected chi connectivity index (χ4v) is 3.67. The van der Waals surface area contributed by atoms with Crippen LogP contribution >= 0.6 is 0 Å². The van der Waals surface area contributed by atoms with Gasteiger partial charge in [-0.05, 0) is 48.4 Å². The Labute approximate surface area is 158 Å². The fraction of sp³-hybridized carbons (Fsp3) is 0.381. The van der Waals surface area contributed by atoms with E-state index in [1.165, 1.54) is 0 Å². The van der Waals surface area contributed by atoms with Gasteiger partial charge in [0, 0.05) is 25.4 Å². The highest BCUT2D eigenvalue weighted by atomic mass is 16.7. The second-order valence-corrected chi connectivity index (χ2v) is 6.96. The van der Waals surface area contributed by atoms with Crippen molar-refractivity contribution in [1.82, 2.24) is 4.90 Å². The Hall–Kier alpha value is -2.89. The van der Waals surface area contributed by atoms with E-state index in [1.807, 2.05) is 49.5 Å². The van der Waals surface area contributed by atoms with E-state index < -0.39 is 0 Å². The second-order valence-electron chi connectivity index (χ2n) is 6.96. The SMILES string of the molecule is COc1ccc(OC[C@@H]2CN(C)C(=O)[C@H]2Cc2ccc3c(c2)OCO3)cc1. The molecule has 2 aromatic carbocycles. The third-order valence-corrected chi connectivity index (χ3v) is 5.19. The maximum atomic E-state index is 12.6. The summed E-state index contributed by atoms with van der Waals surface area (Å²) in [6.45, 7) is 1.45. The number of amides is 1. The van der Waals surface area contributed by atoms with Gasteiger partial charge in [-0.25, -0.2) is 0 Å². The lowest BCUT2D eigenvalue weighted by Crippen LogP contribution is -2.25. The Bertz CT molecular complexity index is 820. The van der Waals surface area contributed by atoms with Crippen molar-refractivity contribution in [3.8, 4) is 23.0 Å². The van der Waals surface area contributed by atoms with Gasteiger partial charge in [0.2, 0.25) is 12.7 Å². The Morgan fingerprint density at radius 2 is 1.81 bits per heavy atom. The van der Waals surface area contributed by atoms with Crippen molar-refractivity contribution < 1.29 is 23.7 Å². The number of carbonyl (C=O) groups excluding carboxylic acids is 1. The minimum atomic E-state index is -0.103. The zero-order valence-electron chi connectivity index (χ0n) is 15.5. The van der Waals surface area contributed by atoms with Crippen LogP contribution in [0.1, 0.15) is 5.56 Å². The average molecular weight is 369 g/mol. The number of likely N-dealkylation sites (tertiary alicyclic amines) is 1. The van der Waals surface area contributed by atoms with Gasteiger partial charge >= 0.3 is 0 Å². The fourth-order valence-electron chi connectivity index (χ4n) is 3.67. The quantitative estimate of drug-likeness (QED) is 0.784. The van der Waals surface area contributed by atoms with E-state index in [2.05, 4.69) is 0 Å². The van der Waals surface area contributed by atoms with E-state index in [0.717, 1.165) is 28.6 Å². The van der Waals surface area contributed by atoms with Crippen LogP contribution in [0.15, 0.2) is 42.5 Å². The number of hydrogen-bond acceptors (Lipinski definition) is 5. The Morgan fingerprint density at radius 1 is 1.07 bits per heavy atom. The predicted molar refractivity (Wildman–Crippen MR) is 99.4 cm³/mol. The molecule has 2 atom stereocenters. The second kappa shape index (κ2) is 7.39. The summed E-state index contributed by atoms with van der Waals surface area (Å²) in [7, 11) is 3.49. The lowest BCUT2D eigenvalue weighted by atomic mass is 9.89. The van der Waals surface area contributed by atoms with Crippen LogP contribution in [0.3, 0.4) is 0 Å². The first-order valence-electron chi connectivity index (χ1n) is 9.04. The van der Waals surface area contributed by atoms with Gasteiger partial charge in [-0.15, -0.1) is 0 Å². The molecule has 1 amide bonds. The molecule has 0 unspecified atom stereocenters. The van der Waals surface area contributed by atoms with Crippen molar-refractivity contribution in [1.29, 1.82) is 0 Å². The van der Waals surface area contributed by atoms with E-state index in [-0.39, 0.29) is 24.5 Å². The summed E-state index contributed by atoms with van der Waals surface area (Å²) in [6.07, 6.45) is 0.663. The molecule has 0 aliphatic carbocycles. The normalized spacial score (nSPS) is 20.8. The van der Waals surface area contributed by atoms with Crippen molar-refractivity contribution in [2.24, 2.45) is 11.8 Å². The van der Waals surface area contributed by atoms with E-state index in [4.69, 9.17) is 18.9 Å². The number of carbonyl (C=O) groups is 1. The minimum Gasteiger partial charge on any atom is -0.497 e. The van der Waals surface area contributed by atoms with Gasteiger partial charge in [-0.2, -0.15) is 0 Å². The van der Waals surface area contributed by atoms with Gasteiger partial charge < -0.3 is 23.8 Å². The van der Waals surface area contributed by atoms with Crippen LogP contribution in [-0.4, -0.2) is 44.9 Å². The van der Waals surface area contributed by atoms with Crippen molar-refractivity contribution in [3.05, 3.63) is 48.0 Å². The first-order chi connectivity index (χ1) is 13.1. The van der Waals surface area contributed by atoms with Crippen LogP contribution in [0.2, 0.25) is 0 Å². The minimum absolute atomic E-state index is 0.103. The number of benzene rings is 2. The summed E-state index contributed by atoms with van der Waals surface area (Å²) >= 11 is 0. The van der Waals surface area contributed by atoms with Crippen molar-refractivity contribution in [3.63, 3.8) is 0 Å². The zero-order valence-corrected chi connectivity index (χ0v) is 15.5. The van der Waals surface area contributed by atoms with E-state index >= 15 is 0 Å². The summed E-state index contributed by atoms with van der Waals surface area (Å²) < 4.78 is 21.9. The highest BCUT2D eigenvalue weighted by Gasteiger charge is 2.39. The van der Waals surface area contributed by atoms with Crippen LogP contribution < -0.4 is 18.9 Å². The number of hydrogen-bond donors (Lipinski definition) is 0. The molecule has 27 heavy (non-hydrogen) atoms. The van der Waals surface area contributed by atoms with E-state index in [1.54, 1.807) is 12.0 Å². The first-order valence-corrected chi connectivity index (χ1v) is 9.04. The van der Waals surface area contributed by atoms with Crippen molar-refractivity contribution in [2.75, 3.05) is 34.1 Å². The zero-order chi connectivity index (χ0) is 18.8. The molecule has 0 bridgehead atoms. The average Bonchev–Trinajstić information content (AvgIpc) is 3.26. The molecule has 2 heterocycles. The largest absolute Gasteiger partial charge is 0.497 e. The molecule has 1 saturated heterocycles. The third kappa shape index (κ3) is 3.65. The highest BCUT2D eigenvalue weighted by Crippen LogP contribution is 2.35. The lowest BCUT2D eigenvalue weighted by Gasteiger charge is -2.18. The summed E-state index contributed by atoms with van der Waals surface area (Å²) in [6, 6.07) is 13.4. The summed E-state index contributed by atoms with van der Waals surface area (Å²) in [5.74, 6) is 3.27. The van der Waals surface area contributed by atoms with Gasteiger partial charge in [0.25, 0.3) is 0 Å². The number of ether oxygens (including phenoxy) is 4. The summed E-state index contributed by atoms with van der Waals surface area (Å²) in [4.78, 5) is 14.4. The molecule has 2 aromatic rings. The van der Waals surface area contributed by atoms with Gasteiger partial charge in [-0.1, -0.05) is 6.07 Å². The molecule has 0 N–H and O–H groups in total. The number of nitrogens with zero attached hydrogens (tertiary/aromatic N) is 1. The topological polar surface area (TPSA) is 57.2 Å². The van der Waals surface area contributed by atoms with Gasteiger partial charge in [0.15, 0.2) is 11.5 Å². The van der Waals surface area contributed by atoms with Crippen molar-refractivity contribution >= 4 is 5.91 Å². The van der Waals surface area contributed by atoms with Crippen molar-refractivity contribution in [2.45, 2.75) is 6.42 Å². The first kappa shape index (κ1) is 17.5. The van der Waals surface area contributed by atoms with Gasteiger partial charge in [0.05, 0.1) is 13.7 Å². The van der Waals surface area contributed by atoms with Crippen LogP contribution in [-0.2, 0) is 11.2 Å². The highest BCUT2D eigenvalue weighted by molar-refractivity contribution is 5.81. The molecule has 1 fully saturated rings. The molecule has 6 heteroatoms. The van der Waals surface area contributed by atoms with Crippen LogP contribution in [0.4, 0.5) is 0 Å². The molecule has 0 radical (unpaired) electrons. The predicted octanol–water partition coefficient (Wildman–Crippen LogP) is 2.75. The van der Waals surface area contributed by atoms with E-state index in [0.29, 0.717) is 19.6 Å². The summed E-state index contributed by atoms with van der Waals surface area (Å²) in [5.41, 5.74) is 1.07. The third-order valence-electron chi connectivity index (χ3n) is 5.19. The molecule has 2 aliphatic rings. The Kier molecular flexibility index (Phi) is 4.79. The molecule has 6 nitrogen and oxygen atoms in total. The number of fused-ring (bicyclic) bond motifs is 1. The molecule has 0 aromatic heterocycles. The molecular weight excluding hydrogens is 346 g/mol. The molecule has 142 valence electrons.